The van der Waals surface area contributed by atoms with Crippen molar-refractivity contribution in [2.24, 2.45) is 0 Å². The molecule has 98 valence electrons. The first-order valence-electron chi connectivity index (χ1n) is 5.51. The van der Waals surface area contributed by atoms with Crippen molar-refractivity contribution in [2.45, 2.75) is 19.1 Å². The lowest BCUT2D eigenvalue weighted by molar-refractivity contribution is 0.0572. The molecule has 1 heterocycles. The van der Waals surface area contributed by atoms with Crippen LogP contribution in [0.3, 0.4) is 0 Å². The van der Waals surface area contributed by atoms with Crippen molar-refractivity contribution in [2.75, 3.05) is 13.1 Å². The summed E-state index contributed by atoms with van der Waals surface area (Å²) in [6, 6.07) is 1.79. The zero-order valence-electron chi connectivity index (χ0n) is 9.73. The third-order valence-electron chi connectivity index (χ3n) is 3.02. The van der Waals surface area contributed by atoms with Crippen LogP contribution in [0, 0.1) is 18.6 Å². The molecule has 1 saturated heterocycles. The Morgan fingerprint density at radius 3 is 2.33 bits per heavy atom. The second-order valence-corrected chi connectivity index (χ2v) is 4.43. The van der Waals surface area contributed by atoms with Gasteiger partial charge in [-0.2, -0.15) is 0 Å². The molecule has 18 heavy (non-hydrogen) atoms. The van der Waals surface area contributed by atoms with E-state index in [1.165, 1.54) is 6.92 Å². The molecule has 1 fully saturated rings. The van der Waals surface area contributed by atoms with Gasteiger partial charge in [0.25, 0.3) is 5.91 Å². The number of aliphatic hydroxyl groups is 2. The fourth-order valence-electron chi connectivity index (χ4n) is 1.93. The van der Waals surface area contributed by atoms with E-state index in [4.69, 9.17) is 0 Å². The smallest absolute Gasteiger partial charge is 0.257 e. The second-order valence-electron chi connectivity index (χ2n) is 4.43. The Morgan fingerprint density at radius 2 is 1.78 bits per heavy atom. The zero-order chi connectivity index (χ0) is 13.4. The number of likely N-dealkylation sites (tertiary alicyclic amines) is 1. The van der Waals surface area contributed by atoms with Crippen LogP contribution in [0.1, 0.15) is 15.9 Å². The van der Waals surface area contributed by atoms with Crippen LogP contribution in [0.15, 0.2) is 12.1 Å². The van der Waals surface area contributed by atoms with Crippen LogP contribution in [-0.4, -0.2) is 46.3 Å². The molecule has 0 radical (unpaired) electrons. The number of benzene rings is 1. The van der Waals surface area contributed by atoms with Crippen LogP contribution in [-0.2, 0) is 0 Å². The number of carbonyl (C=O) groups is 1. The Morgan fingerprint density at radius 1 is 1.22 bits per heavy atom. The lowest BCUT2D eigenvalue weighted by Gasteiger charge is -2.16. The van der Waals surface area contributed by atoms with Crippen LogP contribution in [0.2, 0.25) is 0 Å². The van der Waals surface area contributed by atoms with Gasteiger partial charge in [0, 0.05) is 19.2 Å². The van der Waals surface area contributed by atoms with Crippen molar-refractivity contribution < 1.29 is 23.8 Å². The van der Waals surface area contributed by atoms with Crippen molar-refractivity contribution in [3.8, 4) is 0 Å². The Bertz CT molecular complexity index is 482. The summed E-state index contributed by atoms with van der Waals surface area (Å²) in [5, 5.41) is 18.7. The van der Waals surface area contributed by atoms with E-state index in [0.29, 0.717) is 6.07 Å². The number of hydrogen-bond acceptors (Lipinski definition) is 3. The minimum absolute atomic E-state index is 0.0597. The molecule has 0 aromatic heterocycles. The van der Waals surface area contributed by atoms with Gasteiger partial charge < -0.3 is 15.1 Å². The number of hydrogen-bond donors (Lipinski definition) is 2. The van der Waals surface area contributed by atoms with E-state index in [0.717, 1.165) is 11.0 Å². The standard InChI is InChI=1S/C12H13F2NO3/c1-6-2-7(9(14)3-8(6)13)12(18)15-4-10(16)11(17)5-15/h2-3,10-11,16-17H,4-5H2,1H3/t10-,11+. The van der Waals surface area contributed by atoms with Crippen molar-refractivity contribution >= 4 is 5.91 Å². The van der Waals surface area contributed by atoms with Gasteiger partial charge in [-0.3, -0.25) is 4.79 Å². The highest BCUT2D eigenvalue weighted by Crippen LogP contribution is 2.19. The Kier molecular flexibility index (Phi) is 3.32. The molecule has 1 aliphatic heterocycles. The monoisotopic (exact) mass is 257 g/mol. The molecule has 1 aromatic carbocycles. The van der Waals surface area contributed by atoms with Crippen molar-refractivity contribution in [1.82, 2.24) is 4.90 Å². The molecule has 1 amide bonds. The largest absolute Gasteiger partial charge is 0.388 e. The van der Waals surface area contributed by atoms with Gasteiger partial charge in [-0.25, -0.2) is 8.78 Å². The molecule has 1 aliphatic rings. The predicted octanol–water partition coefficient (Wildman–Crippen LogP) is 0.451. The quantitative estimate of drug-likeness (QED) is 0.768. The van der Waals surface area contributed by atoms with Gasteiger partial charge >= 0.3 is 0 Å². The predicted molar refractivity (Wildman–Crippen MR) is 59.0 cm³/mol. The number of nitrogens with zero attached hydrogens (tertiary/aromatic N) is 1. The lowest BCUT2D eigenvalue weighted by atomic mass is 10.1. The molecule has 2 rings (SSSR count). The van der Waals surface area contributed by atoms with Crippen LogP contribution < -0.4 is 0 Å². The second kappa shape index (κ2) is 4.62. The first-order valence-corrected chi connectivity index (χ1v) is 5.51. The van der Waals surface area contributed by atoms with Gasteiger partial charge in [0.1, 0.15) is 11.6 Å². The lowest BCUT2D eigenvalue weighted by Crippen LogP contribution is -2.30. The van der Waals surface area contributed by atoms with Gasteiger partial charge in [0.15, 0.2) is 0 Å². The average molecular weight is 257 g/mol. The summed E-state index contributed by atoms with van der Waals surface area (Å²) in [4.78, 5) is 13.1. The highest BCUT2D eigenvalue weighted by Gasteiger charge is 2.34. The molecule has 0 unspecified atom stereocenters. The van der Waals surface area contributed by atoms with E-state index in [9.17, 15) is 23.8 Å². The SMILES string of the molecule is Cc1cc(C(=O)N2C[C@@H](O)[C@@H](O)C2)c(F)cc1F. The fraction of sp³-hybridized carbons (Fsp3) is 0.417. The van der Waals surface area contributed by atoms with Gasteiger partial charge in [-0.1, -0.05) is 0 Å². The van der Waals surface area contributed by atoms with Gasteiger partial charge in [0.05, 0.1) is 17.8 Å². The van der Waals surface area contributed by atoms with Crippen LogP contribution in [0.4, 0.5) is 8.78 Å². The summed E-state index contributed by atoms with van der Waals surface area (Å²) in [6.45, 7) is 1.31. The van der Waals surface area contributed by atoms with Gasteiger partial charge in [-0.05, 0) is 18.6 Å². The maximum atomic E-state index is 13.5. The summed E-state index contributed by atoms with van der Waals surface area (Å²) in [6.07, 6.45) is -2.06. The molecular formula is C12H13F2NO3. The summed E-state index contributed by atoms with van der Waals surface area (Å²) in [5.74, 6) is -2.32. The van der Waals surface area contributed by atoms with E-state index in [2.05, 4.69) is 0 Å². The molecule has 6 heteroatoms. The van der Waals surface area contributed by atoms with E-state index in [1.807, 2.05) is 0 Å². The third-order valence-corrected chi connectivity index (χ3v) is 3.02. The molecule has 0 spiro atoms. The van der Waals surface area contributed by atoms with E-state index in [1.54, 1.807) is 0 Å². The summed E-state index contributed by atoms with van der Waals surface area (Å²) in [5.41, 5.74) is -0.0877. The Hall–Kier alpha value is -1.53. The summed E-state index contributed by atoms with van der Waals surface area (Å²) < 4.78 is 26.6. The number of aryl methyl sites for hydroxylation is 1. The highest BCUT2D eigenvalue weighted by molar-refractivity contribution is 5.95. The number of amides is 1. The fourth-order valence-corrected chi connectivity index (χ4v) is 1.93. The number of halogens is 2. The van der Waals surface area contributed by atoms with Gasteiger partial charge in [-0.15, -0.1) is 0 Å². The number of rotatable bonds is 1. The van der Waals surface area contributed by atoms with Gasteiger partial charge in [0.2, 0.25) is 0 Å². The summed E-state index contributed by atoms with van der Waals surface area (Å²) >= 11 is 0. The molecule has 0 bridgehead atoms. The number of carbonyl (C=O) groups excluding carboxylic acids is 1. The van der Waals surface area contributed by atoms with Crippen LogP contribution in [0.5, 0.6) is 0 Å². The van der Waals surface area contributed by atoms with Crippen molar-refractivity contribution in [3.05, 3.63) is 34.9 Å². The normalized spacial score (nSPS) is 23.5. The van der Waals surface area contributed by atoms with Crippen LogP contribution >= 0.6 is 0 Å². The maximum Gasteiger partial charge on any atom is 0.257 e. The number of aliphatic hydroxyl groups excluding tert-OH is 2. The Balaban J connectivity index is 2.27. The first kappa shape index (κ1) is 12.9. The van der Waals surface area contributed by atoms with Crippen molar-refractivity contribution in [1.29, 1.82) is 0 Å². The minimum Gasteiger partial charge on any atom is -0.388 e. The molecular weight excluding hydrogens is 244 g/mol. The summed E-state index contributed by atoms with van der Waals surface area (Å²) in [7, 11) is 0. The van der Waals surface area contributed by atoms with E-state index < -0.39 is 29.7 Å². The van der Waals surface area contributed by atoms with Crippen LogP contribution in [0.25, 0.3) is 0 Å². The molecule has 2 atom stereocenters. The zero-order valence-corrected chi connectivity index (χ0v) is 9.73. The average Bonchev–Trinajstić information content (AvgIpc) is 2.63. The minimum atomic E-state index is -1.03. The molecule has 0 saturated carbocycles. The molecule has 2 N–H and O–H groups in total. The Labute approximate surface area is 102 Å². The van der Waals surface area contributed by atoms with E-state index >= 15 is 0 Å². The topological polar surface area (TPSA) is 60.8 Å². The van der Waals surface area contributed by atoms with E-state index in [-0.39, 0.29) is 24.2 Å². The first-order chi connectivity index (χ1) is 8.40. The molecule has 4 nitrogen and oxygen atoms in total. The number of β-amino-alcohol motifs (C(OH)–C–C–N with tert-alkyl or cyclic N) is 2. The molecule has 1 aromatic rings. The third kappa shape index (κ3) is 2.21. The van der Waals surface area contributed by atoms with Crippen molar-refractivity contribution in [3.63, 3.8) is 0 Å². The molecule has 0 aliphatic carbocycles. The maximum absolute atomic E-state index is 13.5. The highest BCUT2D eigenvalue weighted by atomic mass is 19.1.